The molecular weight excluding hydrogens is 177 g/mol. The quantitative estimate of drug-likeness (QED) is 0.757. The third-order valence-electron chi connectivity index (χ3n) is 1.80. The van der Waals surface area contributed by atoms with Gasteiger partial charge in [0.25, 0.3) is 0 Å². The number of rotatable bonds is 2. The Kier molecular flexibility index (Phi) is 3.06. The van der Waals surface area contributed by atoms with Crippen LogP contribution < -0.4 is 5.73 Å². The Balaban J connectivity index is 3.01. The zero-order valence-electron chi connectivity index (χ0n) is 6.85. The first-order valence-corrected chi connectivity index (χ1v) is 4.23. The number of benzene rings is 1. The van der Waals surface area contributed by atoms with E-state index in [0.717, 1.165) is 12.0 Å². The van der Waals surface area contributed by atoms with E-state index in [1.165, 1.54) is 12.1 Å². The molecule has 0 saturated heterocycles. The molecule has 0 radical (unpaired) electrons. The zero-order chi connectivity index (χ0) is 9.14. The van der Waals surface area contributed by atoms with Crippen molar-refractivity contribution in [2.45, 2.75) is 19.4 Å². The van der Waals surface area contributed by atoms with Gasteiger partial charge in [0.1, 0.15) is 5.82 Å². The van der Waals surface area contributed by atoms with Crippen LogP contribution in [0.4, 0.5) is 4.39 Å². The Morgan fingerprint density at radius 2 is 2.25 bits per heavy atom. The Morgan fingerprint density at radius 3 is 2.75 bits per heavy atom. The van der Waals surface area contributed by atoms with Crippen LogP contribution in [0.15, 0.2) is 18.2 Å². The molecule has 0 amide bonds. The monoisotopic (exact) mass is 187 g/mol. The van der Waals surface area contributed by atoms with Crippen molar-refractivity contribution in [2.75, 3.05) is 0 Å². The van der Waals surface area contributed by atoms with E-state index < -0.39 is 0 Å². The molecular formula is C9H11ClFN. The molecule has 0 aromatic heterocycles. The highest BCUT2D eigenvalue weighted by atomic mass is 35.5. The summed E-state index contributed by atoms with van der Waals surface area (Å²) >= 11 is 5.78. The molecule has 1 aromatic rings. The van der Waals surface area contributed by atoms with Crippen molar-refractivity contribution in [3.05, 3.63) is 34.6 Å². The number of halogens is 2. The molecule has 12 heavy (non-hydrogen) atoms. The van der Waals surface area contributed by atoms with Crippen LogP contribution in [0.2, 0.25) is 5.02 Å². The van der Waals surface area contributed by atoms with Crippen LogP contribution in [0.5, 0.6) is 0 Å². The zero-order valence-corrected chi connectivity index (χ0v) is 7.61. The Labute approximate surface area is 76.3 Å². The Morgan fingerprint density at radius 1 is 1.58 bits per heavy atom. The minimum atomic E-state index is -0.327. The third-order valence-corrected chi connectivity index (χ3v) is 2.13. The first-order valence-electron chi connectivity index (χ1n) is 3.85. The topological polar surface area (TPSA) is 26.0 Å². The summed E-state index contributed by atoms with van der Waals surface area (Å²) in [5, 5.41) is 0.407. The van der Waals surface area contributed by atoms with Crippen molar-refractivity contribution >= 4 is 11.6 Å². The maximum Gasteiger partial charge on any atom is 0.124 e. The van der Waals surface area contributed by atoms with Crippen molar-refractivity contribution < 1.29 is 4.39 Å². The van der Waals surface area contributed by atoms with Crippen LogP contribution in [0.1, 0.15) is 24.9 Å². The fraction of sp³-hybridized carbons (Fsp3) is 0.333. The van der Waals surface area contributed by atoms with Gasteiger partial charge in [0.15, 0.2) is 0 Å². The lowest BCUT2D eigenvalue weighted by molar-refractivity contribution is 0.623. The molecule has 1 atom stereocenters. The molecule has 2 N–H and O–H groups in total. The highest BCUT2D eigenvalue weighted by molar-refractivity contribution is 6.31. The predicted octanol–water partition coefficient (Wildman–Crippen LogP) is 2.89. The molecule has 3 heteroatoms. The smallest absolute Gasteiger partial charge is 0.124 e. The maximum atomic E-state index is 12.6. The van der Waals surface area contributed by atoms with Crippen molar-refractivity contribution in [3.8, 4) is 0 Å². The average Bonchev–Trinajstić information content (AvgIpc) is 2.03. The van der Waals surface area contributed by atoms with E-state index in [2.05, 4.69) is 0 Å². The molecule has 0 aliphatic rings. The van der Waals surface area contributed by atoms with Crippen molar-refractivity contribution in [3.63, 3.8) is 0 Å². The maximum absolute atomic E-state index is 12.6. The van der Waals surface area contributed by atoms with Gasteiger partial charge in [-0.2, -0.15) is 0 Å². The molecule has 0 spiro atoms. The molecule has 0 saturated carbocycles. The van der Waals surface area contributed by atoms with Gasteiger partial charge in [0, 0.05) is 11.1 Å². The Bertz CT molecular complexity index is 275. The normalized spacial score (nSPS) is 13.0. The van der Waals surface area contributed by atoms with E-state index in [4.69, 9.17) is 17.3 Å². The van der Waals surface area contributed by atoms with E-state index in [1.807, 2.05) is 6.92 Å². The molecule has 1 rings (SSSR count). The largest absolute Gasteiger partial charge is 0.324 e. The van der Waals surface area contributed by atoms with E-state index in [0.29, 0.717) is 5.02 Å². The molecule has 0 bridgehead atoms. The third kappa shape index (κ3) is 1.96. The van der Waals surface area contributed by atoms with Gasteiger partial charge in [-0.1, -0.05) is 24.6 Å². The summed E-state index contributed by atoms with van der Waals surface area (Å²) in [6, 6.07) is 4.19. The molecule has 66 valence electrons. The van der Waals surface area contributed by atoms with Crippen LogP contribution in [0, 0.1) is 5.82 Å². The van der Waals surface area contributed by atoms with Gasteiger partial charge in [-0.15, -0.1) is 0 Å². The molecule has 0 fully saturated rings. The summed E-state index contributed by atoms with van der Waals surface area (Å²) in [6.45, 7) is 1.96. The second-order valence-corrected chi connectivity index (χ2v) is 3.09. The summed E-state index contributed by atoms with van der Waals surface area (Å²) in [4.78, 5) is 0. The molecule has 1 nitrogen and oxygen atoms in total. The highest BCUT2D eigenvalue weighted by Gasteiger charge is 2.07. The molecule has 1 aromatic carbocycles. The van der Waals surface area contributed by atoms with E-state index in [-0.39, 0.29) is 11.9 Å². The SMILES string of the molecule is CCC(N)c1ccc(F)cc1Cl. The van der Waals surface area contributed by atoms with Gasteiger partial charge < -0.3 is 5.73 Å². The minimum absolute atomic E-state index is 0.0990. The fourth-order valence-electron chi connectivity index (χ4n) is 1.02. The van der Waals surface area contributed by atoms with Crippen LogP contribution in [-0.4, -0.2) is 0 Å². The van der Waals surface area contributed by atoms with E-state index >= 15 is 0 Å². The van der Waals surface area contributed by atoms with Crippen molar-refractivity contribution in [2.24, 2.45) is 5.73 Å². The van der Waals surface area contributed by atoms with Crippen LogP contribution in [0.25, 0.3) is 0 Å². The highest BCUT2D eigenvalue weighted by Crippen LogP contribution is 2.23. The van der Waals surface area contributed by atoms with Crippen LogP contribution in [-0.2, 0) is 0 Å². The Hall–Kier alpha value is -0.600. The number of nitrogens with two attached hydrogens (primary N) is 1. The van der Waals surface area contributed by atoms with Gasteiger partial charge in [-0.3, -0.25) is 0 Å². The average molecular weight is 188 g/mol. The molecule has 0 aliphatic heterocycles. The second-order valence-electron chi connectivity index (χ2n) is 2.68. The first-order chi connectivity index (χ1) is 5.65. The second kappa shape index (κ2) is 3.87. The predicted molar refractivity (Wildman–Crippen MR) is 48.6 cm³/mol. The van der Waals surface area contributed by atoms with E-state index in [1.54, 1.807) is 6.07 Å². The number of hydrogen-bond donors (Lipinski definition) is 1. The molecule has 0 heterocycles. The molecule has 1 unspecified atom stereocenters. The summed E-state index contributed by atoms with van der Waals surface area (Å²) in [5.74, 6) is -0.327. The van der Waals surface area contributed by atoms with Crippen molar-refractivity contribution in [1.29, 1.82) is 0 Å². The standard InChI is InChI=1S/C9H11ClFN/c1-2-9(12)7-4-3-6(11)5-8(7)10/h3-5,9H,2,12H2,1H3. The van der Waals surface area contributed by atoms with Gasteiger partial charge in [-0.25, -0.2) is 4.39 Å². The lowest BCUT2D eigenvalue weighted by atomic mass is 10.1. The minimum Gasteiger partial charge on any atom is -0.324 e. The van der Waals surface area contributed by atoms with E-state index in [9.17, 15) is 4.39 Å². The summed E-state index contributed by atoms with van der Waals surface area (Å²) in [5.41, 5.74) is 6.54. The van der Waals surface area contributed by atoms with Gasteiger partial charge >= 0.3 is 0 Å². The van der Waals surface area contributed by atoms with Gasteiger partial charge in [0.2, 0.25) is 0 Å². The lowest BCUT2D eigenvalue weighted by Gasteiger charge is -2.10. The van der Waals surface area contributed by atoms with Gasteiger partial charge in [-0.05, 0) is 24.1 Å². The lowest BCUT2D eigenvalue weighted by Crippen LogP contribution is -2.09. The molecule has 0 aliphatic carbocycles. The van der Waals surface area contributed by atoms with Crippen LogP contribution in [0.3, 0.4) is 0 Å². The van der Waals surface area contributed by atoms with Crippen molar-refractivity contribution in [1.82, 2.24) is 0 Å². The van der Waals surface area contributed by atoms with Crippen LogP contribution >= 0.6 is 11.6 Å². The summed E-state index contributed by atoms with van der Waals surface area (Å²) in [7, 11) is 0. The summed E-state index contributed by atoms with van der Waals surface area (Å²) in [6.07, 6.45) is 0.797. The summed E-state index contributed by atoms with van der Waals surface area (Å²) < 4.78 is 12.6. The fourth-order valence-corrected chi connectivity index (χ4v) is 1.33. The van der Waals surface area contributed by atoms with Gasteiger partial charge in [0.05, 0.1) is 0 Å². The first kappa shape index (κ1) is 9.49. The number of hydrogen-bond acceptors (Lipinski definition) is 1.